The molecule has 1 aliphatic heterocycles. The first-order valence-corrected chi connectivity index (χ1v) is 6.72. The molecule has 3 N–H and O–H groups in total. The lowest BCUT2D eigenvalue weighted by molar-refractivity contribution is -0.127. The summed E-state index contributed by atoms with van der Waals surface area (Å²) in [5, 5.41) is 3.10. The molecule has 0 spiro atoms. The van der Waals surface area contributed by atoms with Crippen LogP contribution in [0.1, 0.15) is 33.1 Å². The SMILES string of the molecule is CC(C)CC(CN)NC(=O)C1CCN(C)CC1.Cl.Cl. The van der Waals surface area contributed by atoms with E-state index in [0.717, 1.165) is 32.4 Å². The molecule has 1 rings (SSSR count). The molecule has 0 aliphatic carbocycles. The highest BCUT2D eigenvalue weighted by atomic mass is 35.5. The molecule has 116 valence electrons. The fourth-order valence-corrected chi connectivity index (χ4v) is 2.37. The lowest BCUT2D eigenvalue weighted by Gasteiger charge is -2.29. The van der Waals surface area contributed by atoms with Gasteiger partial charge in [-0.1, -0.05) is 13.8 Å². The Morgan fingerprint density at radius 2 is 1.84 bits per heavy atom. The summed E-state index contributed by atoms with van der Waals surface area (Å²) in [6.45, 7) is 6.90. The van der Waals surface area contributed by atoms with Crippen molar-refractivity contribution in [2.24, 2.45) is 17.6 Å². The zero-order valence-electron chi connectivity index (χ0n) is 12.2. The van der Waals surface area contributed by atoms with Crippen molar-refractivity contribution in [1.29, 1.82) is 0 Å². The average Bonchev–Trinajstić information content (AvgIpc) is 2.28. The van der Waals surface area contributed by atoms with Gasteiger partial charge in [-0.15, -0.1) is 24.8 Å². The highest BCUT2D eigenvalue weighted by Gasteiger charge is 2.24. The van der Waals surface area contributed by atoms with E-state index in [0.29, 0.717) is 12.5 Å². The van der Waals surface area contributed by atoms with Crippen LogP contribution in [0.25, 0.3) is 0 Å². The third-order valence-electron chi connectivity index (χ3n) is 3.48. The van der Waals surface area contributed by atoms with Gasteiger partial charge in [-0.25, -0.2) is 0 Å². The maximum atomic E-state index is 12.1. The summed E-state index contributed by atoms with van der Waals surface area (Å²) in [5.74, 6) is 0.961. The van der Waals surface area contributed by atoms with Crippen LogP contribution in [-0.4, -0.2) is 43.5 Å². The molecular weight excluding hydrogens is 285 g/mol. The Morgan fingerprint density at radius 1 is 1.32 bits per heavy atom. The maximum Gasteiger partial charge on any atom is 0.223 e. The normalized spacial score (nSPS) is 18.4. The van der Waals surface area contributed by atoms with Crippen molar-refractivity contribution in [3.05, 3.63) is 0 Å². The molecule has 6 heteroatoms. The summed E-state index contributed by atoms with van der Waals surface area (Å²) < 4.78 is 0. The minimum atomic E-state index is 0. The second-order valence-corrected chi connectivity index (χ2v) is 5.65. The van der Waals surface area contributed by atoms with Gasteiger partial charge >= 0.3 is 0 Å². The molecule has 1 amide bonds. The summed E-state index contributed by atoms with van der Waals surface area (Å²) in [5.41, 5.74) is 5.70. The monoisotopic (exact) mass is 313 g/mol. The number of hydrogen-bond donors (Lipinski definition) is 2. The van der Waals surface area contributed by atoms with Gasteiger partial charge in [0.1, 0.15) is 0 Å². The second-order valence-electron chi connectivity index (χ2n) is 5.65. The van der Waals surface area contributed by atoms with Crippen LogP contribution >= 0.6 is 24.8 Å². The first-order chi connectivity index (χ1) is 8.02. The fraction of sp³-hybridized carbons (Fsp3) is 0.923. The maximum absolute atomic E-state index is 12.1. The van der Waals surface area contributed by atoms with Gasteiger partial charge in [0, 0.05) is 18.5 Å². The smallest absolute Gasteiger partial charge is 0.223 e. The number of amides is 1. The van der Waals surface area contributed by atoms with Gasteiger partial charge in [-0.2, -0.15) is 0 Å². The number of nitrogens with two attached hydrogens (primary N) is 1. The predicted molar refractivity (Wildman–Crippen MR) is 85.2 cm³/mol. The Bertz CT molecular complexity index is 244. The highest BCUT2D eigenvalue weighted by molar-refractivity contribution is 5.85. The quantitative estimate of drug-likeness (QED) is 0.811. The van der Waals surface area contributed by atoms with Crippen molar-refractivity contribution in [3.8, 4) is 0 Å². The third-order valence-corrected chi connectivity index (χ3v) is 3.48. The lowest BCUT2D eigenvalue weighted by atomic mass is 9.95. The van der Waals surface area contributed by atoms with Crippen LogP contribution in [0.2, 0.25) is 0 Å². The highest BCUT2D eigenvalue weighted by Crippen LogP contribution is 2.16. The molecule has 1 heterocycles. The molecule has 0 saturated carbocycles. The van der Waals surface area contributed by atoms with Gasteiger partial charge in [-0.3, -0.25) is 4.79 Å². The number of carbonyl (C=O) groups excluding carboxylic acids is 1. The van der Waals surface area contributed by atoms with Gasteiger partial charge < -0.3 is 16.0 Å². The Morgan fingerprint density at radius 3 is 2.26 bits per heavy atom. The third kappa shape index (κ3) is 7.98. The van der Waals surface area contributed by atoms with Crippen LogP contribution in [0.5, 0.6) is 0 Å². The largest absolute Gasteiger partial charge is 0.352 e. The van der Waals surface area contributed by atoms with E-state index in [1.54, 1.807) is 0 Å². The van der Waals surface area contributed by atoms with Crippen molar-refractivity contribution < 1.29 is 4.79 Å². The van der Waals surface area contributed by atoms with Crippen LogP contribution in [0.15, 0.2) is 0 Å². The van der Waals surface area contributed by atoms with E-state index in [-0.39, 0.29) is 42.7 Å². The van der Waals surface area contributed by atoms with Gasteiger partial charge in [0.15, 0.2) is 0 Å². The zero-order chi connectivity index (χ0) is 12.8. The number of carbonyl (C=O) groups is 1. The van der Waals surface area contributed by atoms with E-state index in [9.17, 15) is 4.79 Å². The van der Waals surface area contributed by atoms with Crippen LogP contribution < -0.4 is 11.1 Å². The van der Waals surface area contributed by atoms with Crippen LogP contribution in [0, 0.1) is 11.8 Å². The molecule has 0 aromatic heterocycles. The average molecular weight is 314 g/mol. The van der Waals surface area contributed by atoms with Crippen molar-refractivity contribution in [1.82, 2.24) is 10.2 Å². The molecule has 1 fully saturated rings. The molecule has 1 aliphatic rings. The zero-order valence-corrected chi connectivity index (χ0v) is 13.9. The second kappa shape index (κ2) is 10.7. The minimum absolute atomic E-state index is 0. The number of nitrogens with zero attached hydrogens (tertiary/aromatic N) is 1. The van der Waals surface area contributed by atoms with Crippen molar-refractivity contribution in [2.75, 3.05) is 26.7 Å². The standard InChI is InChI=1S/C13H27N3O.2ClH/c1-10(2)8-12(9-14)15-13(17)11-4-6-16(3)7-5-11;;/h10-12H,4-9,14H2,1-3H3,(H,15,17);2*1H. The molecule has 1 atom stereocenters. The summed E-state index contributed by atoms with van der Waals surface area (Å²) in [4.78, 5) is 14.3. The van der Waals surface area contributed by atoms with Gasteiger partial charge in [-0.05, 0) is 45.3 Å². The van der Waals surface area contributed by atoms with Crippen LogP contribution in [-0.2, 0) is 4.79 Å². The van der Waals surface area contributed by atoms with E-state index in [1.807, 2.05) is 0 Å². The summed E-state index contributed by atoms with van der Waals surface area (Å²) >= 11 is 0. The summed E-state index contributed by atoms with van der Waals surface area (Å²) in [6.07, 6.45) is 2.91. The number of nitrogens with one attached hydrogen (secondary N) is 1. The number of likely N-dealkylation sites (tertiary alicyclic amines) is 1. The fourth-order valence-electron chi connectivity index (χ4n) is 2.37. The molecule has 1 saturated heterocycles. The van der Waals surface area contributed by atoms with Crippen LogP contribution in [0.4, 0.5) is 0 Å². The first kappa shape index (κ1) is 21.3. The first-order valence-electron chi connectivity index (χ1n) is 6.72. The van der Waals surface area contributed by atoms with E-state index in [1.165, 1.54) is 0 Å². The molecule has 0 aromatic rings. The Hall–Kier alpha value is -0.0300. The number of hydrogen-bond acceptors (Lipinski definition) is 3. The number of piperidine rings is 1. The number of rotatable bonds is 5. The molecule has 4 nitrogen and oxygen atoms in total. The number of halogens is 2. The minimum Gasteiger partial charge on any atom is -0.352 e. The summed E-state index contributed by atoms with van der Waals surface area (Å²) in [6, 6.07) is 0.141. The Balaban J connectivity index is 0. The molecule has 1 unspecified atom stereocenters. The van der Waals surface area contributed by atoms with Crippen molar-refractivity contribution in [2.45, 2.75) is 39.2 Å². The predicted octanol–water partition coefficient (Wildman–Crippen LogP) is 1.66. The molecule has 0 radical (unpaired) electrons. The van der Waals surface area contributed by atoms with Crippen molar-refractivity contribution >= 4 is 30.7 Å². The van der Waals surface area contributed by atoms with Gasteiger partial charge in [0.2, 0.25) is 5.91 Å². The molecular formula is C13H29Cl2N3O. The van der Waals surface area contributed by atoms with Gasteiger partial charge in [0.05, 0.1) is 0 Å². The van der Waals surface area contributed by atoms with E-state index >= 15 is 0 Å². The van der Waals surface area contributed by atoms with Crippen molar-refractivity contribution in [3.63, 3.8) is 0 Å². The van der Waals surface area contributed by atoms with E-state index in [2.05, 4.69) is 31.1 Å². The molecule has 19 heavy (non-hydrogen) atoms. The molecule has 0 aromatic carbocycles. The molecule has 0 bridgehead atoms. The topological polar surface area (TPSA) is 58.4 Å². The Kier molecular flexibility index (Phi) is 12.0. The van der Waals surface area contributed by atoms with Crippen LogP contribution in [0.3, 0.4) is 0 Å². The van der Waals surface area contributed by atoms with E-state index < -0.39 is 0 Å². The Labute approximate surface area is 129 Å². The summed E-state index contributed by atoms with van der Waals surface area (Å²) in [7, 11) is 2.11. The van der Waals surface area contributed by atoms with Gasteiger partial charge in [0.25, 0.3) is 0 Å². The van der Waals surface area contributed by atoms with E-state index in [4.69, 9.17) is 5.73 Å². The lowest BCUT2D eigenvalue weighted by Crippen LogP contribution is -2.46.